The number of aromatic nitrogens is 2. The fourth-order valence-corrected chi connectivity index (χ4v) is 5.67. The quantitative estimate of drug-likeness (QED) is 0.305. The average Bonchev–Trinajstić information content (AvgIpc) is 2.99. The van der Waals surface area contributed by atoms with Crippen molar-refractivity contribution in [1.82, 2.24) is 14.5 Å². The predicted octanol–water partition coefficient (Wildman–Crippen LogP) is 4.62. The van der Waals surface area contributed by atoms with Gasteiger partial charge in [-0.25, -0.2) is 4.79 Å². The van der Waals surface area contributed by atoms with E-state index in [0.717, 1.165) is 19.3 Å². The van der Waals surface area contributed by atoms with E-state index in [2.05, 4.69) is 10.6 Å². The Labute approximate surface area is 243 Å². The lowest BCUT2D eigenvalue weighted by Gasteiger charge is -2.28. The van der Waals surface area contributed by atoms with Crippen LogP contribution in [0.1, 0.15) is 31.2 Å². The van der Waals surface area contributed by atoms with E-state index >= 15 is 0 Å². The number of carbonyl (C=O) groups is 2. The van der Waals surface area contributed by atoms with Gasteiger partial charge in [0.25, 0.3) is 5.56 Å². The summed E-state index contributed by atoms with van der Waals surface area (Å²) >= 11 is 5.93. The van der Waals surface area contributed by atoms with Gasteiger partial charge in [0.1, 0.15) is 6.54 Å². The standard InChI is InChI=1S/C32H33ClN4O4/c33-25-14-16-26(17-15-25)35-29(38)21-36-28-9-5-4-8-27(28)31(40)37(32(36)41)20-23-10-12-24(13-11-23)30(39)34-19-18-22-6-2-1-3-7-22/h1-9,14-17,23-24H,10-13,18-21H2,(H,34,39)(H,35,38). The predicted molar refractivity (Wildman–Crippen MR) is 161 cm³/mol. The number of fused-ring (bicyclic) bond motifs is 1. The van der Waals surface area contributed by atoms with Crippen LogP contribution in [-0.2, 0) is 29.1 Å². The highest BCUT2D eigenvalue weighted by atomic mass is 35.5. The van der Waals surface area contributed by atoms with Gasteiger partial charge in [0, 0.05) is 29.7 Å². The van der Waals surface area contributed by atoms with Crippen LogP contribution in [0.4, 0.5) is 5.69 Å². The van der Waals surface area contributed by atoms with Crippen molar-refractivity contribution in [3.05, 3.63) is 110 Å². The highest BCUT2D eigenvalue weighted by Crippen LogP contribution is 2.29. The van der Waals surface area contributed by atoms with Gasteiger partial charge < -0.3 is 10.6 Å². The van der Waals surface area contributed by atoms with Crippen molar-refractivity contribution >= 4 is 40.0 Å². The zero-order valence-electron chi connectivity index (χ0n) is 22.7. The number of carbonyl (C=O) groups excluding carboxylic acids is 2. The summed E-state index contributed by atoms with van der Waals surface area (Å²) in [6, 6.07) is 23.6. The maximum Gasteiger partial charge on any atom is 0.331 e. The third-order valence-corrected chi connectivity index (χ3v) is 8.03. The molecule has 1 saturated carbocycles. The molecule has 2 amide bonds. The van der Waals surface area contributed by atoms with Crippen molar-refractivity contribution in [2.24, 2.45) is 11.8 Å². The fraction of sp³-hybridized carbons (Fsp3) is 0.312. The van der Waals surface area contributed by atoms with Crippen LogP contribution in [0.5, 0.6) is 0 Å². The molecule has 3 aromatic carbocycles. The topological polar surface area (TPSA) is 102 Å². The Morgan fingerprint density at radius 1 is 0.829 bits per heavy atom. The number of nitrogens with zero attached hydrogens (tertiary/aromatic N) is 2. The molecule has 0 saturated heterocycles. The Hall–Kier alpha value is -4.17. The Balaban J connectivity index is 1.25. The third kappa shape index (κ3) is 6.95. The Bertz CT molecular complexity index is 1640. The molecule has 9 heteroatoms. The van der Waals surface area contributed by atoms with Gasteiger partial charge in [-0.05, 0) is 80.0 Å². The van der Waals surface area contributed by atoms with Crippen LogP contribution >= 0.6 is 11.6 Å². The Morgan fingerprint density at radius 3 is 2.24 bits per heavy atom. The summed E-state index contributed by atoms with van der Waals surface area (Å²) in [6.45, 7) is 0.613. The lowest BCUT2D eigenvalue weighted by molar-refractivity contribution is -0.126. The summed E-state index contributed by atoms with van der Waals surface area (Å²) in [5.74, 6) is -0.297. The molecule has 1 heterocycles. The Kier molecular flexibility index (Phi) is 8.99. The number of halogens is 1. The first-order valence-electron chi connectivity index (χ1n) is 14.0. The largest absolute Gasteiger partial charge is 0.356 e. The molecule has 0 unspecified atom stereocenters. The molecule has 1 aromatic heterocycles. The molecule has 1 aliphatic carbocycles. The van der Waals surface area contributed by atoms with Gasteiger partial charge >= 0.3 is 5.69 Å². The van der Waals surface area contributed by atoms with Crippen LogP contribution in [-0.4, -0.2) is 27.5 Å². The summed E-state index contributed by atoms with van der Waals surface area (Å²) in [7, 11) is 0. The highest BCUT2D eigenvalue weighted by Gasteiger charge is 2.27. The number of anilines is 1. The molecule has 1 fully saturated rings. The Morgan fingerprint density at radius 2 is 1.51 bits per heavy atom. The van der Waals surface area contributed by atoms with Crippen molar-refractivity contribution in [2.45, 2.75) is 45.2 Å². The summed E-state index contributed by atoms with van der Waals surface area (Å²) < 4.78 is 2.61. The van der Waals surface area contributed by atoms with Crippen LogP contribution in [0.3, 0.4) is 0 Å². The van der Waals surface area contributed by atoms with Crippen LogP contribution in [0.15, 0.2) is 88.5 Å². The molecule has 1 aliphatic rings. The first-order valence-corrected chi connectivity index (χ1v) is 14.4. The summed E-state index contributed by atoms with van der Waals surface area (Å²) in [5, 5.41) is 6.78. The van der Waals surface area contributed by atoms with Crippen LogP contribution in [0.2, 0.25) is 5.02 Å². The van der Waals surface area contributed by atoms with E-state index in [1.165, 1.54) is 14.7 Å². The smallest absolute Gasteiger partial charge is 0.331 e. The first-order chi connectivity index (χ1) is 19.9. The molecule has 0 bridgehead atoms. The van der Waals surface area contributed by atoms with E-state index < -0.39 is 5.69 Å². The van der Waals surface area contributed by atoms with Crippen LogP contribution in [0, 0.1) is 11.8 Å². The van der Waals surface area contributed by atoms with E-state index in [1.54, 1.807) is 48.5 Å². The molecule has 2 N–H and O–H groups in total. The van der Waals surface area contributed by atoms with Gasteiger partial charge in [0.05, 0.1) is 10.9 Å². The van der Waals surface area contributed by atoms with Gasteiger partial charge in [0.2, 0.25) is 11.8 Å². The lowest BCUT2D eigenvalue weighted by atomic mass is 9.81. The number of rotatable bonds is 9. The van der Waals surface area contributed by atoms with E-state index in [1.807, 2.05) is 30.3 Å². The molecule has 8 nitrogen and oxygen atoms in total. The molecule has 0 radical (unpaired) electrons. The summed E-state index contributed by atoms with van der Waals surface area (Å²) in [4.78, 5) is 52.6. The number of nitrogens with one attached hydrogen (secondary N) is 2. The molecular weight excluding hydrogens is 540 g/mol. The fourth-order valence-electron chi connectivity index (χ4n) is 5.55. The minimum Gasteiger partial charge on any atom is -0.356 e. The lowest BCUT2D eigenvalue weighted by Crippen LogP contribution is -2.43. The third-order valence-electron chi connectivity index (χ3n) is 7.78. The maximum absolute atomic E-state index is 13.6. The second-order valence-electron chi connectivity index (χ2n) is 10.6. The zero-order valence-corrected chi connectivity index (χ0v) is 23.5. The van der Waals surface area contributed by atoms with Crippen molar-refractivity contribution in [3.63, 3.8) is 0 Å². The van der Waals surface area contributed by atoms with E-state index in [-0.39, 0.29) is 42.3 Å². The molecule has 41 heavy (non-hydrogen) atoms. The number of benzene rings is 3. The van der Waals surface area contributed by atoms with Gasteiger partial charge in [-0.1, -0.05) is 54.1 Å². The van der Waals surface area contributed by atoms with E-state index in [9.17, 15) is 19.2 Å². The van der Waals surface area contributed by atoms with Gasteiger partial charge in [-0.3, -0.25) is 23.5 Å². The number of hydrogen-bond acceptors (Lipinski definition) is 4. The summed E-state index contributed by atoms with van der Waals surface area (Å²) in [6.07, 6.45) is 3.69. The number of hydrogen-bond donors (Lipinski definition) is 2. The number of amides is 2. The van der Waals surface area contributed by atoms with Crippen LogP contribution < -0.4 is 21.9 Å². The van der Waals surface area contributed by atoms with Gasteiger partial charge in [-0.15, -0.1) is 0 Å². The van der Waals surface area contributed by atoms with Crippen molar-refractivity contribution in [1.29, 1.82) is 0 Å². The van der Waals surface area contributed by atoms with E-state index in [4.69, 9.17) is 11.6 Å². The highest BCUT2D eigenvalue weighted by molar-refractivity contribution is 6.30. The molecule has 0 spiro atoms. The first kappa shape index (κ1) is 28.4. The normalized spacial score (nSPS) is 16.8. The van der Waals surface area contributed by atoms with Crippen molar-refractivity contribution in [2.75, 3.05) is 11.9 Å². The van der Waals surface area contributed by atoms with Crippen molar-refractivity contribution in [3.8, 4) is 0 Å². The van der Waals surface area contributed by atoms with Gasteiger partial charge in [-0.2, -0.15) is 0 Å². The molecule has 212 valence electrons. The molecule has 0 aliphatic heterocycles. The van der Waals surface area contributed by atoms with Crippen molar-refractivity contribution < 1.29 is 9.59 Å². The SMILES string of the molecule is O=C(Cn1c(=O)n(CC2CCC(C(=O)NCCc3ccccc3)CC2)c(=O)c2ccccc21)Nc1ccc(Cl)cc1. The minimum atomic E-state index is -0.513. The zero-order chi connectivity index (χ0) is 28.8. The molecule has 0 atom stereocenters. The summed E-state index contributed by atoms with van der Waals surface area (Å²) in [5.41, 5.74) is 1.29. The van der Waals surface area contributed by atoms with Crippen LogP contribution in [0.25, 0.3) is 10.9 Å². The second-order valence-corrected chi connectivity index (χ2v) is 11.0. The van der Waals surface area contributed by atoms with E-state index in [0.29, 0.717) is 41.0 Å². The van der Waals surface area contributed by atoms with Gasteiger partial charge in [0.15, 0.2) is 0 Å². The average molecular weight is 573 g/mol. The maximum atomic E-state index is 13.6. The molecular formula is C32H33ClN4O4. The number of para-hydroxylation sites is 1. The monoisotopic (exact) mass is 572 g/mol. The molecule has 5 rings (SSSR count). The molecule has 4 aromatic rings. The minimum absolute atomic E-state index is 0.0660. The second kappa shape index (κ2) is 13.0.